The number of piperidine rings is 1. The minimum atomic E-state index is -3.85. The maximum absolute atomic E-state index is 13.2. The highest BCUT2D eigenvalue weighted by Gasteiger charge is 2.35. The van der Waals surface area contributed by atoms with Gasteiger partial charge in [0.05, 0.1) is 22.3 Å². The van der Waals surface area contributed by atoms with E-state index in [1.807, 2.05) is 0 Å². The molecule has 1 fully saturated rings. The summed E-state index contributed by atoms with van der Waals surface area (Å²) in [6.07, 6.45) is 1.15. The van der Waals surface area contributed by atoms with Crippen LogP contribution in [0.4, 0.5) is 0 Å². The zero-order valence-corrected chi connectivity index (χ0v) is 19.1. The summed E-state index contributed by atoms with van der Waals surface area (Å²) in [5, 5.41) is 0. The van der Waals surface area contributed by atoms with Crippen LogP contribution in [0.2, 0.25) is 0 Å². The Labute approximate surface area is 173 Å². The molecule has 29 heavy (non-hydrogen) atoms. The summed E-state index contributed by atoms with van der Waals surface area (Å²) < 4.78 is 59.4. The van der Waals surface area contributed by atoms with Gasteiger partial charge in [0, 0.05) is 26.2 Å². The first-order chi connectivity index (χ1) is 13.6. The van der Waals surface area contributed by atoms with E-state index in [0.29, 0.717) is 38.0 Å². The van der Waals surface area contributed by atoms with E-state index < -0.39 is 26.0 Å². The normalized spacial score (nSPS) is 18.7. The Morgan fingerprint density at radius 2 is 1.83 bits per heavy atom. The lowest BCUT2D eigenvalue weighted by Crippen LogP contribution is -2.43. The van der Waals surface area contributed by atoms with Gasteiger partial charge in [-0.1, -0.05) is 13.8 Å². The van der Waals surface area contributed by atoms with Crippen LogP contribution in [0.25, 0.3) is 0 Å². The van der Waals surface area contributed by atoms with Crippen LogP contribution >= 0.6 is 0 Å². The molecule has 1 atom stereocenters. The third-order valence-corrected chi connectivity index (χ3v) is 9.18. The number of carbonyl (C=O) groups excluding carboxylic acids is 1. The van der Waals surface area contributed by atoms with Crippen molar-refractivity contribution in [3.63, 3.8) is 0 Å². The lowest BCUT2D eigenvalue weighted by atomic mass is 10.0. The summed E-state index contributed by atoms with van der Waals surface area (Å²) in [5.41, 5.74) is 0.358. The van der Waals surface area contributed by atoms with Crippen LogP contribution in [-0.4, -0.2) is 64.2 Å². The molecule has 0 bridgehead atoms. The Balaban J connectivity index is 2.33. The summed E-state index contributed by atoms with van der Waals surface area (Å²) in [4.78, 5) is 12.2. The van der Waals surface area contributed by atoms with Crippen LogP contribution < -0.4 is 0 Å². The minimum absolute atomic E-state index is 0.0560. The number of nitrogens with zero attached hydrogens (tertiary/aromatic N) is 2. The predicted octanol–water partition coefficient (Wildman–Crippen LogP) is 1.99. The van der Waals surface area contributed by atoms with Gasteiger partial charge in [-0.15, -0.1) is 0 Å². The summed E-state index contributed by atoms with van der Waals surface area (Å²) in [6.45, 7) is 8.11. The van der Waals surface area contributed by atoms with Crippen LogP contribution in [0.1, 0.15) is 39.2 Å². The first kappa shape index (κ1) is 23.8. The molecule has 0 spiro atoms. The van der Waals surface area contributed by atoms with Crippen molar-refractivity contribution < 1.29 is 26.4 Å². The van der Waals surface area contributed by atoms with Crippen LogP contribution in [0.5, 0.6) is 0 Å². The zero-order valence-electron chi connectivity index (χ0n) is 17.4. The van der Waals surface area contributed by atoms with Crippen molar-refractivity contribution in [3.05, 3.63) is 23.8 Å². The number of esters is 1. The second-order valence-corrected chi connectivity index (χ2v) is 10.8. The molecule has 0 aromatic heterocycles. The van der Waals surface area contributed by atoms with Gasteiger partial charge in [0.1, 0.15) is 0 Å². The number of ether oxygens (including phenoxy) is 1. The molecular weight excluding hydrogens is 416 g/mol. The molecule has 0 N–H and O–H groups in total. The molecule has 2 rings (SSSR count). The van der Waals surface area contributed by atoms with E-state index in [9.17, 15) is 21.6 Å². The second kappa shape index (κ2) is 9.55. The molecule has 0 aliphatic carbocycles. The van der Waals surface area contributed by atoms with Gasteiger partial charge in [-0.3, -0.25) is 4.79 Å². The van der Waals surface area contributed by atoms with Gasteiger partial charge in [0.25, 0.3) is 0 Å². The molecule has 0 amide bonds. The van der Waals surface area contributed by atoms with Gasteiger partial charge >= 0.3 is 5.97 Å². The van der Waals surface area contributed by atoms with Crippen LogP contribution in [0.15, 0.2) is 28.0 Å². The first-order valence-electron chi connectivity index (χ1n) is 9.87. The SMILES string of the molecule is CCOC(=O)[C@@H]1CCCN(S(=O)(=O)c2ccc(S(=O)(=O)N(CC)CC)cc2C)C1. The fourth-order valence-electron chi connectivity index (χ4n) is 3.54. The largest absolute Gasteiger partial charge is 0.466 e. The quantitative estimate of drug-likeness (QED) is 0.566. The maximum atomic E-state index is 13.2. The Hall–Kier alpha value is -1.49. The Kier molecular flexibility index (Phi) is 7.83. The molecular formula is C19H30N2O6S2. The van der Waals surface area contributed by atoms with Crippen molar-refractivity contribution in [3.8, 4) is 0 Å². The Bertz CT molecular complexity index is 939. The minimum Gasteiger partial charge on any atom is -0.466 e. The van der Waals surface area contributed by atoms with Crippen molar-refractivity contribution in [2.45, 2.75) is 50.3 Å². The zero-order chi connectivity index (χ0) is 21.8. The summed E-state index contributed by atoms with van der Waals surface area (Å²) in [5.74, 6) is -0.870. The van der Waals surface area contributed by atoms with E-state index in [1.165, 1.54) is 26.8 Å². The molecule has 164 valence electrons. The van der Waals surface area contributed by atoms with Crippen molar-refractivity contribution in [1.82, 2.24) is 8.61 Å². The molecule has 8 nitrogen and oxygen atoms in total. The lowest BCUT2D eigenvalue weighted by Gasteiger charge is -2.31. The molecule has 1 aliphatic rings. The van der Waals surface area contributed by atoms with E-state index >= 15 is 0 Å². The summed E-state index contributed by atoms with van der Waals surface area (Å²) in [7, 11) is -7.52. The molecule has 0 unspecified atom stereocenters. The molecule has 1 aromatic carbocycles. The maximum Gasteiger partial charge on any atom is 0.310 e. The highest BCUT2D eigenvalue weighted by Crippen LogP contribution is 2.28. The predicted molar refractivity (Wildman–Crippen MR) is 109 cm³/mol. The van der Waals surface area contributed by atoms with Crippen molar-refractivity contribution in [1.29, 1.82) is 0 Å². The van der Waals surface area contributed by atoms with Gasteiger partial charge in [0.15, 0.2) is 0 Å². The second-order valence-electron chi connectivity index (χ2n) is 6.97. The van der Waals surface area contributed by atoms with Crippen molar-refractivity contribution in [2.24, 2.45) is 5.92 Å². The van der Waals surface area contributed by atoms with E-state index in [0.717, 1.165) is 0 Å². The average Bonchev–Trinajstić information content (AvgIpc) is 2.68. The first-order valence-corrected chi connectivity index (χ1v) is 12.7. The number of hydrogen-bond donors (Lipinski definition) is 0. The third kappa shape index (κ3) is 4.99. The third-order valence-electron chi connectivity index (χ3n) is 5.11. The molecule has 0 radical (unpaired) electrons. The monoisotopic (exact) mass is 446 g/mol. The number of aryl methyl sites for hydroxylation is 1. The molecule has 1 aliphatic heterocycles. The standard InChI is InChI=1S/C19H30N2O6S2/c1-5-20(6-2)28(23,24)17-10-11-18(15(4)13-17)29(25,26)21-12-8-9-16(14-21)19(22)27-7-3/h10-11,13,16H,5-9,12,14H2,1-4H3/t16-/m1/s1. The van der Waals surface area contributed by atoms with E-state index in [2.05, 4.69) is 0 Å². The molecule has 10 heteroatoms. The Morgan fingerprint density at radius 3 is 2.38 bits per heavy atom. The summed E-state index contributed by atoms with van der Waals surface area (Å²) in [6, 6.07) is 4.07. The average molecular weight is 447 g/mol. The number of hydrogen-bond acceptors (Lipinski definition) is 6. The molecule has 1 aromatic rings. The lowest BCUT2D eigenvalue weighted by molar-refractivity contribution is -0.149. The van der Waals surface area contributed by atoms with Gasteiger partial charge in [-0.2, -0.15) is 8.61 Å². The van der Waals surface area contributed by atoms with E-state index in [-0.39, 0.29) is 28.9 Å². The fourth-order valence-corrected chi connectivity index (χ4v) is 6.81. The van der Waals surface area contributed by atoms with Crippen LogP contribution in [0, 0.1) is 12.8 Å². The molecule has 0 saturated carbocycles. The van der Waals surface area contributed by atoms with E-state index in [4.69, 9.17) is 4.74 Å². The van der Waals surface area contributed by atoms with Gasteiger partial charge in [-0.25, -0.2) is 16.8 Å². The van der Waals surface area contributed by atoms with Crippen LogP contribution in [0.3, 0.4) is 0 Å². The number of carbonyl (C=O) groups is 1. The van der Waals surface area contributed by atoms with Crippen molar-refractivity contribution >= 4 is 26.0 Å². The number of sulfonamides is 2. The highest BCUT2D eigenvalue weighted by molar-refractivity contribution is 7.89. The molecule has 1 saturated heterocycles. The smallest absolute Gasteiger partial charge is 0.310 e. The fraction of sp³-hybridized carbons (Fsp3) is 0.632. The van der Waals surface area contributed by atoms with Gasteiger partial charge in [-0.05, 0) is 50.5 Å². The number of benzene rings is 1. The van der Waals surface area contributed by atoms with Gasteiger partial charge < -0.3 is 4.74 Å². The molecule has 1 heterocycles. The van der Waals surface area contributed by atoms with Crippen molar-refractivity contribution in [2.75, 3.05) is 32.8 Å². The Morgan fingerprint density at radius 1 is 1.17 bits per heavy atom. The van der Waals surface area contributed by atoms with Gasteiger partial charge in [0.2, 0.25) is 20.0 Å². The number of rotatable bonds is 8. The topological polar surface area (TPSA) is 101 Å². The summed E-state index contributed by atoms with van der Waals surface area (Å²) >= 11 is 0. The van der Waals surface area contributed by atoms with Crippen LogP contribution in [-0.2, 0) is 29.6 Å². The highest BCUT2D eigenvalue weighted by atomic mass is 32.2. The van der Waals surface area contributed by atoms with E-state index in [1.54, 1.807) is 27.7 Å².